The highest BCUT2D eigenvalue weighted by atomic mass is 16.5. The Labute approximate surface area is 75.0 Å². The van der Waals surface area contributed by atoms with Gasteiger partial charge >= 0.3 is 6.09 Å². The molecule has 0 saturated carbocycles. The molecule has 0 radical (unpaired) electrons. The van der Waals surface area contributed by atoms with E-state index in [9.17, 15) is 4.79 Å². The number of carbonyl (C=O) groups excluding carboxylic acids is 1. The maximum atomic E-state index is 10.7. The molecule has 0 unspecified atom stereocenters. The van der Waals surface area contributed by atoms with Gasteiger partial charge in [0.25, 0.3) is 0 Å². The number of hydrogen-bond acceptors (Lipinski definition) is 2. The van der Waals surface area contributed by atoms with Gasteiger partial charge in [-0.1, -0.05) is 25.7 Å². The average Bonchev–Trinajstić information content (AvgIpc) is 1.98. The third-order valence-electron chi connectivity index (χ3n) is 0.987. The van der Waals surface area contributed by atoms with E-state index in [4.69, 9.17) is 0 Å². The molecule has 0 aliphatic heterocycles. The van der Waals surface area contributed by atoms with Crippen LogP contribution in [0.2, 0.25) is 0 Å². The summed E-state index contributed by atoms with van der Waals surface area (Å²) in [4.78, 5) is 10.7. The molecular formula is C9H17NO2. The van der Waals surface area contributed by atoms with E-state index < -0.39 is 6.09 Å². The lowest BCUT2D eigenvalue weighted by Crippen LogP contribution is -2.24. The zero-order valence-electron chi connectivity index (χ0n) is 7.81. The van der Waals surface area contributed by atoms with E-state index in [1.54, 1.807) is 6.92 Å². The van der Waals surface area contributed by atoms with Crippen molar-refractivity contribution in [2.24, 2.45) is 5.92 Å². The van der Waals surface area contributed by atoms with Crippen LogP contribution in [-0.2, 0) is 4.74 Å². The maximum Gasteiger partial charge on any atom is 0.407 e. The summed E-state index contributed by atoms with van der Waals surface area (Å²) in [6, 6.07) is 0. The Hall–Kier alpha value is -1.17. The number of nitrogens with one attached hydrogen (secondary N) is 1. The van der Waals surface area contributed by atoms with Crippen LogP contribution >= 0.6 is 0 Å². The Kier molecular flexibility index (Phi) is 5.90. The molecular weight excluding hydrogens is 154 g/mol. The van der Waals surface area contributed by atoms with Gasteiger partial charge in [0.15, 0.2) is 0 Å². The van der Waals surface area contributed by atoms with Crippen LogP contribution in [0, 0.1) is 17.8 Å². The molecule has 0 aliphatic carbocycles. The molecule has 0 atom stereocenters. The number of amides is 1. The standard InChI is InChI=1S/C9H15NO2.H2/c1-4-12-9(11)10-7-5-6-8(2)3;/h8H,4,7H2,1-3H3,(H,10,11);1H. The second-order valence-electron chi connectivity index (χ2n) is 2.55. The highest BCUT2D eigenvalue weighted by Gasteiger charge is 1.94. The lowest BCUT2D eigenvalue weighted by Gasteiger charge is -1.99. The number of ether oxygens (including phenoxy) is 1. The van der Waals surface area contributed by atoms with Crippen molar-refractivity contribution in [2.75, 3.05) is 13.2 Å². The minimum absolute atomic E-state index is 0. The molecule has 0 spiro atoms. The van der Waals surface area contributed by atoms with Crippen LogP contribution in [0.1, 0.15) is 22.2 Å². The zero-order valence-corrected chi connectivity index (χ0v) is 7.81. The predicted octanol–water partition coefficient (Wildman–Crippen LogP) is 1.64. The van der Waals surface area contributed by atoms with E-state index in [1.807, 2.05) is 13.8 Å². The highest BCUT2D eigenvalue weighted by Crippen LogP contribution is 1.84. The van der Waals surface area contributed by atoms with Crippen molar-refractivity contribution in [3.63, 3.8) is 0 Å². The summed E-state index contributed by atoms with van der Waals surface area (Å²) in [5, 5.41) is 2.50. The summed E-state index contributed by atoms with van der Waals surface area (Å²) in [6.45, 7) is 6.51. The Morgan fingerprint density at radius 3 is 2.83 bits per heavy atom. The smallest absolute Gasteiger partial charge is 0.407 e. The van der Waals surface area contributed by atoms with E-state index in [0.717, 1.165) is 0 Å². The van der Waals surface area contributed by atoms with Crippen LogP contribution in [0.3, 0.4) is 0 Å². The first-order chi connectivity index (χ1) is 5.66. The summed E-state index contributed by atoms with van der Waals surface area (Å²) in [5.41, 5.74) is 0. The van der Waals surface area contributed by atoms with E-state index in [-0.39, 0.29) is 1.43 Å². The topological polar surface area (TPSA) is 38.3 Å². The van der Waals surface area contributed by atoms with E-state index in [1.165, 1.54) is 0 Å². The third-order valence-corrected chi connectivity index (χ3v) is 0.987. The van der Waals surface area contributed by atoms with Crippen molar-refractivity contribution < 1.29 is 11.0 Å². The zero-order chi connectivity index (χ0) is 9.40. The fourth-order valence-electron chi connectivity index (χ4n) is 0.554. The van der Waals surface area contributed by atoms with Crippen molar-refractivity contribution in [1.82, 2.24) is 5.32 Å². The Bertz CT molecular complexity index is 194. The Morgan fingerprint density at radius 1 is 1.67 bits per heavy atom. The van der Waals surface area contributed by atoms with Gasteiger partial charge in [-0.3, -0.25) is 0 Å². The molecule has 0 aromatic heterocycles. The van der Waals surface area contributed by atoms with Gasteiger partial charge in [-0.25, -0.2) is 4.79 Å². The third kappa shape index (κ3) is 6.94. The van der Waals surface area contributed by atoms with Crippen LogP contribution in [0.5, 0.6) is 0 Å². The molecule has 1 amide bonds. The van der Waals surface area contributed by atoms with Gasteiger partial charge in [0.05, 0.1) is 13.2 Å². The monoisotopic (exact) mass is 171 g/mol. The van der Waals surface area contributed by atoms with Crippen molar-refractivity contribution >= 4 is 6.09 Å². The molecule has 0 rings (SSSR count). The van der Waals surface area contributed by atoms with Gasteiger partial charge < -0.3 is 10.1 Å². The summed E-state index contributed by atoms with van der Waals surface area (Å²) < 4.78 is 4.63. The highest BCUT2D eigenvalue weighted by molar-refractivity contribution is 5.67. The van der Waals surface area contributed by atoms with Crippen LogP contribution in [0.4, 0.5) is 4.79 Å². The molecule has 1 N–H and O–H groups in total. The molecule has 3 heteroatoms. The molecule has 0 bridgehead atoms. The molecule has 0 saturated heterocycles. The molecule has 0 heterocycles. The maximum absolute atomic E-state index is 10.7. The fourth-order valence-corrected chi connectivity index (χ4v) is 0.554. The molecule has 12 heavy (non-hydrogen) atoms. The molecule has 0 aromatic rings. The van der Waals surface area contributed by atoms with Gasteiger partial charge in [-0.2, -0.15) is 0 Å². The normalized spacial score (nSPS) is 8.67. The molecule has 3 nitrogen and oxygen atoms in total. The number of alkyl carbamates (subject to hydrolysis) is 1. The van der Waals surface area contributed by atoms with Crippen molar-refractivity contribution in [1.29, 1.82) is 0 Å². The van der Waals surface area contributed by atoms with E-state index in [2.05, 4.69) is 21.9 Å². The fraction of sp³-hybridized carbons (Fsp3) is 0.667. The minimum Gasteiger partial charge on any atom is -0.450 e. The van der Waals surface area contributed by atoms with E-state index >= 15 is 0 Å². The average molecular weight is 171 g/mol. The number of hydrogen-bond donors (Lipinski definition) is 1. The lowest BCUT2D eigenvalue weighted by atomic mass is 10.2. The van der Waals surface area contributed by atoms with Crippen LogP contribution in [0.15, 0.2) is 0 Å². The lowest BCUT2D eigenvalue weighted by molar-refractivity contribution is 0.153. The number of carbonyl (C=O) groups is 1. The van der Waals surface area contributed by atoms with Gasteiger partial charge in [0, 0.05) is 7.34 Å². The van der Waals surface area contributed by atoms with Crippen LogP contribution < -0.4 is 5.32 Å². The van der Waals surface area contributed by atoms with Crippen LogP contribution in [-0.4, -0.2) is 19.2 Å². The largest absolute Gasteiger partial charge is 0.450 e. The Balaban J connectivity index is 0. The molecule has 0 aliphatic rings. The molecule has 0 aromatic carbocycles. The summed E-state index contributed by atoms with van der Waals surface area (Å²) in [6.07, 6.45) is -0.407. The van der Waals surface area contributed by atoms with Gasteiger partial charge in [-0.15, -0.1) is 0 Å². The molecule has 0 fully saturated rings. The summed E-state index contributed by atoms with van der Waals surface area (Å²) >= 11 is 0. The van der Waals surface area contributed by atoms with Gasteiger partial charge in [0.2, 0.25) is 0 Å². The summed E-state index contributed by atoms with van der Waals surface area (Å²) in [5.74, 6) is 6.08. The summed E-state index contributed by atoms with van der Waals surface area (Å²) in [7, 11) is 0. The van der Waals surface area contributed by atoms with Crippen LogP contribution in [0.25, 0.3) is 0 Å². The second kappa shape index (κ2) is 6.53. The SMILES string of the molecule is CCOC(=O)NCC#CC(C)C.[HH]. The van der Waals surface area contributed by atoms with Crippen molar-refractivity contribution in [2.45, 2.75) is 20.8 Å². The molecule has 70 valence electrons. The Morgan fingerprint density at radius 2 is 2.33 bits per heavy atom. The van der Waals surface area contributed by atoms with Gasteiger partial charge in [-0.05, 0) is 6.92 Å². The second-order valence-corrected chi connectivity index (χ2v) is 2.55. The predicted molar refractivity (Wildman–Crippen MR) is 49.8 cm³/mol. The first-order valence-electron chi connectivity index (χ1n) is 4.05. The van der Waals surface area contributed by atoms with E-state index in [0.29, 0.717) is 19.1 Å². The minimum atomic E-state index is -0.407. The van der Waals surface area contributed by atoms with Crippen molar-refractivity contribution in [3.05, 3.63) is 0 Å². The van der Waals surface area contributed by atoms with Gasteiger partial charge in [0.1, 0.15) is 0 Å². The van der Waals surface area contributed by atoms with Crippen molar-refractivity contribution in [3.8, 4) is 11.8 Å². The number of rotatable bonds is 2. The first-order valence-corrected chi connectivity index (χ1v) is 4.05. The first kappa shape index (κ1) is 10.8. The quantitative estimate of drug-likeness (QED) is 0.641.